The number of hydrogen-bond donors (Lipinski definition) is 0. The average molecular weight is 693 g/mol. The lowest BCUT2D eigenvalue weighted by atomic mass is 9.75. The number of carbonyl (C=O) groups excluding carboxylic acids is 3. The van der Waals surface area contributed by atoms with Crippen LogP contribution in [0, 0.1) is 0 Å². The third kappa shape index (κ3) is 9.07. The first kappa shape index (κ1) is 39.4. The maximum absolute atomic E-state index is 14.3. The van der Waals surface area contributed by atoms with E-state index in [2.05, 4.69) is 79.0 Å². The van der Waals surface area contributed by atoms with Crippen molar-refractivity contribution < 1.29 is 33.3 Å². The molecule has 2 aliphatic heterocycles. The van der Waals surface area contributed by atoms with E-state index in [9.17, 15) is 14.4 Å². The molecule has 2 aliphatic rings. The summed E-state index contributed by atoms with van der Waals surface area (Å²) in [5, 5.41) is 0. The maximum atomic E-state index is 14.3. The highest BCUT2D eigenvalue weighted by Gasteiger charge is 2.60. The van der Waals surface area contributed by atoms with Gasteiger partial charge in [0.25, 0.3) is 11.6 Å². The summed E-state index contributed by atoms with van der Waals surface area (Å²) < 4.78 is 25.1. The van der Waals surface area contributed by atoms with E-state index in [0.29, 0.717) is 11.1 Å². The Kier molecular flexibility index (Phi) is 11.8. The van der Waals surface area contributed by atoms with Gasteiger partial charge in [-0.25, -0.2) is 14.4 Å². The molecule has 9 nitrogen and oxygen atoms in total. The Morgan fingerprint density at radius 3 is 1.10 bits per heavy atom. The molecule has 2 aromatic rings. The fourth-order valence-corrected chi connectivity index (χ4v) is 8.88. The van der Waals surface area contributed by atoms with Crippen LogP contribution < -0.4 is 0 Å². The summed E-state index contributed by atoms with van der Waals surface area (Å²) in [7, 11) is 0. The number of carbonyl (C=O) groups is 3. The second kappa shape index (κ2) is 15.0. The minimum absolute atomic E-state index is 0.222. The number of unbranched alkanes of at least 4 members (excludes halogenated alkanes) is 2. The minimum atomic E-state index is -1.66. The molecule has 2 aromatic carbocycles. The van der Waals surface area contributed by atoms with Gasteiger partial charge < -0.3 is 18.9 Å². The molecule has 9 heteroatoms. The Bertz CT molecular complexity index is 1320. The van der Waals surface area contributed by atoms with E-state index in [1.54, 1.807) is 48.5 Å². The summed E-state index contributed by atoms with van der Waals surface area (Å²) in [6.07, 6.45) is 3.91. The molecule has 0 radical (unpaired) electrons. The van der Waals surface area contributed by atoms with Gasteiger partial charge in [-0.3, -0.25) is 9.80 Å². The number of esters is 2. The lowest BCUT2D eigenvalue weighted by Gasteiger charge is -2.58. The van der Waals surface area contributed by atoms with E-state index in [1.807, 2.05) is 12.1 Å². The number of nitrogens with zero attached hydrogens (tertiary/aromatic N) is 2. The minimum Gasteiger partial charge on any atom is -0.419 e. The molecule has 0 aromatic heterocycles. The summed E-state index contributed by atoms with van der Waals surface area (Å²) in [6, 6.07) is 17.4. The number of piperidine rings is 2. The van der Waals surface area contributed by atoms with E-state index >= 15 is 0 Å². The van der Waals surface area contributed by atoms with Gasteiger partial charge in [-0.2, -0.15) is 0 Å². The Morgan fingerprint density at radius 2 is 0.820 bits per heavy atom. The lowest BCUT2D eigenvalue weighted by Crippen LogP contribution is -2.68. The van der Waals surface area contributed by atoms with E-state index in [1.165, 1.54) is 0 Å². The smallest absolute Gasteiger partial charge is 0.419 e. The summed E-state index contributed by atoms with van der Waals surface area (Å²) in [6.45, 7) is 22.7. The Labute approximate surface area is 300 Å². The average Bonchev–Trinajstić information content (AvgIpc) is 2.99. The van der Waals surface area contributed by atoms with Crippen LogP contribution in [0.4, 0.5) is 4.79 Å². The van der Waals surface area contributed by atoms with E-state index < -0.39 is 51.8 Å². The van der Waals surface area contributed by atoms with Crippen molar-refractivity contribution in [3.63, 3.8) is 0 Å². The zero-order chi connectivity index (χ0) is 37.0. The molecule has 50 heavy (non-hydrogen) atoms. The van der Waals surface area contributed by atoms with Gasteiger partial charge in [0.2, 0.25) is 0 Å². The topological polar surface area (TPSA) is 94.6 Å². The van der Waals surface area contributed by atoms with Crippen LogP contribution >= 0.6 is 0 Å². The molecule has 2 fully saturated rings. The van der Waals surface area contributed by atoms with Crippen molar-refractivity contribution in [2.45, 2.75) is 154 Å². The number of likely N-dealkylation sites (tertiary alicyclic amines) is 2. The molecule has 2 heterocycles. The fraction of sp³-hybridized carbons (Fsp3) is 0.634. The molecule has 2 saturated heterocycles. The van der Waals surface area contributed by atoms with Crippen LogP contribution in [0.1, 0.15) is 141 Å². The third-order valence-corrected chi connectivity index (χ3v) is 10.3. The molecule has 0 atom stereocenters. The van der Waals surface area contributed by atoms with Crippen LogP contribution in [0.15, 0.2) is 60.7 Å². The van der Waals surface area contributed by atoms with Crippen molar-refractivity contribution in [3.8, 4) is 0 Å². The molecule has 0 unspecified atom stereocenters. The van der Waals surface area contributed by atoms with Gasteiger partial charge >= 0.3 is 18.1 Å². The summed E-state index contributed by atoms with van der Waals surface area (Å²) >= 11 is 0. The standard InChI is InChI=1S/C41H60N2O7/c1-11-13-25-42-36(3,4)27-40(28-37(42,5)6,47-33(44)31-21-17-15-18-22-31)49-35(46)50-41(48-34(45)32-23-19-16-20-24-32)29-38(7,8)43(26-14-12-2)39(9,10)30-41/h15-24H,11-14,25-30H2,1-10H3. The number of benzene rings is 2. The third-order valence-electron chi connectivity index (χ3n) is 10.3. The van der Waals surface area contributed by atoms with Crippen LogP contribution in [0.25, 0.3) is 0 Å². The van der Waals surface area contributed by atoms with Crippen molar-refractivity contribution in [2.24, 2.45) is 0 Å². The van der Waals surface area contributed by atoms with E-state index in [4.69, 9.17) is 18.9 Å². The normalized spacial score (nSPS) is 21.8. The van der Waals surface area contributed by atoms with Crippen LogP contribution in [-0.2, 0) is 18.9 Å². The predicted molar refractivity (Wildman–Crippen MR) is 195 cm³/mol. The fourth-order valence-electron chi connectivity index (χ4n) is 8.88. The summed E-state index contributed by atoms with van der Waals surface area (Å²) in [5.74, 6) is -4.50. The molecule has 0 aliphatic carbocycles. The van der Waals surface area contributed by atoms with Crippen LogP contribution in [0.5, 0.6) is 0 Å². The highest BCUT2D eigenvalue weighted by atomic mass is 16.8. The quantitative estimate of drug-likeness (QED) is 0.159. The number of ether oxygens (including phenoxy) is 4. The van der Waals surface area contributed by atoms with Crippen molar-refractivity contribution in [2.75, 3.05) is 13.1 Å². The molecule has 0 amide bonds. The zero-order valence-electron chi connectivity index (χ0n) is 32.1. The molecule has 0 N–H and O–H groups in total. The van der Waals surface area contributed by atoms with Crippen molar-refractivity contribution in [1.82, 2.24) is 9.80 Å². The predicted octanol–water partition coefficient (Wildman–Crippen LogP) is 9.15. The maximum Gasteiger partial charge on any atom is 0.514 e. The Morgan fingerprint density at radius 1 is 0.520 bits per heavy atom. The van der Waals surface area contributed by atoms with Gasteiger partial charge in [0.15, 0.2) is 0 Å². The molecular formula is C41H60N2O7. The SMILES string of the molecule is CCCCN1C(C)(C)CC(OC(=O)OC2(OC(=O)c3ccccc3)CC(C)(C)N(CCCC)C(C)(C)C2)(OC(=O)c2ccccc2)CC1(C)C. The van der Waals surface area contributed by atoms with Gasteiger partial charge in [-0.05, 0) is 106 Å². The molecule has 4 rings (SSSR count). The molecule has 0 saturated carbocycles. The van der Waals surface area contributed by atoms with Gasteiger partial charge in [-0.15, -0.1) is 0 Å². The van der Waals surface area contributed by atoms with Crippen LogP contribution in [0.3, 0.4) is 0 Å². The Hall–Kier alpha value is -3.43. The first-order valence-corrected chi connectivity index (χ1v) is 18.3. The molecule has 0 bridgehead atoms. The van der Waals surface area contributed by atoms with Crippen molar-refractivity contribution in [1.29, 1.82) is 0 Å². The zero-order valence-corrected chi connectivity index (χ0v) is 32.1. The highest BCUT2D eigenvalue weighted by molar-refractivity contribution is 5.90. The van der Waals surface area contributed by atoms with Crippen molar-refractivity contribution >= 4 is 18.1 Å². The van der Waals surface area contributed by atoms with E-state index in [0.717, 1.165) is 38.8 Å². The largest absolute Gasteiger partial charge is 0.514 e. The van der Waals surface area contributed by atoms with Gasteiger partial charge in [0.05, 0.1) is 11.1 Å². The summed E-state index contributed by atoms with van der Waals surface area (Å²) in [4.78, 5) is 46.5. The number of rotatable bonds is 12. The molecule has 276 valence electrons. The lowest BCUT2D eigenvalue weighted by molar-refractivity contribution is -0.280. The molecular weight excluding hydrogens is 632 g/mol. The van der Waals surface area contributed by atoms with Crippen LogP contribution in [-0.4, -0.2) is 74.7 Å². The van der Waals surface area contributed by atoms with Gasteiger partial charge in [0, 0.05) is 47.8 Å². The second-order valence-electron chi connectivity index (χ2n) is 16.8. The molecule has 0 spiro atoms. The van der Waals surface area contributed by atoms with Gasteiger partial charge in [0.1, 0.15) is 0 Å². The number of hydrogen-bond acceptors (Lipinski definition) is 9. The second-order valence-corrected chi connectivity index (χ2v) is 16.8. The van der Waals surface area contributed by atoms with Gasteiger partial charge in [-0.1, -0.05) is 63.1 Å². The first-order chi connectivity index (χ1) is 23.3. The first-order valence-electron chi connectivity index (χ1n) is 18.3. The monoisotopic (exact) mass is 692 g/mol. The highest BCUT2D eigenvalue weighted by Crippen LogP contribution is 2.49. The summed E-state index contributed by atoms with van der Waals surface area (Å²) in [5.41, 5.74) is -1.35. The van der Waals surface area contributed by atoms with Crippen molar-refractivity contribution in [3.05, 3.63) is 71.8 Å². The van der Waals surface area contributed by atoms with Crippen LogP contribution in [0.2, 0.25) is 0 Å². The Balaban J connectivity index is 1.73. The van der Waals surface area contributed by atoms with E-state index in [-0.39, 0.29) is 25.7 Å².